The first kappa shape index (κ1) is 18.7. The van der Waals surface area contributed by atoms with E-state index in [1.54, 1.807) is 31.2 Å². The molecule has 1 amide bonds. The molecule has 7 heteroatoms. The molecule has 128 valence electrons. The van der Waals surface area contributed by atoms with Crippen molar-refractivity contribution in [3.05, 3.63) is 57.6 Å². The van der Waals surface area contributed by atoms with Crippen LogP contribution in [0.25, 0.3) is 6.08 Å². The van der Waals surface area contributed by atoms with Crippen LogP contribution in [0.1, 0.15) is 12.5 Å². The van der Waals surface area contributed by atoms with Gasteiger partial charge in [-0.05, 0) is 42.8 Å². The Labute approximate surface area is 155 Å². The van der Waals surface area contributed by atoms with E-state index in [-0.39, 0.29) is 22.1 Å². The van der Waals surface area contributed by atoms with Crippen LogP contribution in [0.3, 0.4) is 0 Å². The maximum atomic E-state index is 12.3. The number of amides is 1. The molecule has 0 bridgehead atoms. The van der Waals surface area contributed by atoms with Gasteiger partial charge in [-0.15, -0.1) is 0 Å². The van der Waals surface area contributed by atoms with Crippen molar-refractivity contribution < 1.29 is 14.6 Å². The average molecular weight is 377 g/mol. The Kier molecular flexibility index (Phi) is 6.29. The van der Waals surface area contributed by atoms with E-state index < -0.39 is 5.91 Å². The van der Waals surface area contributed by atoms with Gasteiger partial charge >= 0.3 is 0 Å². The summed E-state index contributed by atoms with van der Waals surface area (Å²) in [6.07, 6.45) is 1.35. The molecule has 0 spiro atoms. The molecule has 0 radical (unpaired) electrons. The number of anilines is 1. The number of benzene rings is 2. The summed E-state index contributed by atoms with van der Waals surface area (Å²) in [5, 5.41) is 22.1. The first-order valence-corrected chi connectivity index (χ1v) is 8.04. The minimum atomic E-state index is -0.613. The maximum Gasteiger partial charge on any atom is 0.266 e. The van der Waals surface area contributed by atoms with Crippen molar-refractivity contribution in [1.82, 2.24) is 0 Å². The third kappa shape index (κ3) is 4.66. The molecule has 0 saturated carbocycles. The largest absolute Gasteiger partial charge is 0.503 e. The molecular formula is C18H14Cl2N2O3. The van der Waals surface area contributed by atoms with Crippen molar-refractivity contribution in [2.75, 3.05) is 11.9 Å². The molecule has 25 heavy (non-hydrogen) atoms. The standard InChI is InChI=1S/C18H14Cl2N2O3/c1-2-25-16-9-11(8-14(20)17(16)23)7-12(10-21)18(24)22-15-6-4-3-5-13(15)19/h3-9,23H,2H2,1H3,(H,22,24)/b12-7+. The van der Waals surface area contributed by atoms with Crippen molar-refractivity contribution in [1.29, 1.82) is 5.26 Å². The number of hydrogen-bond acceptors (Lipinski definition) is 4. The lowest BCUT2D eigenvalue weighted by atomic mass is 10.1. The zero-order valence-corrected chi connectivity index (χ0v) is 14.7. The second kappa shape index (κ2) is 8.43. The number of rotatable bonds is 5. The van der Waals surface area contributed by atoms with Crippen molar-refractivity contribution in [3.63, 3.8) is 0 Å². The van der Waals surface area contributed by atoms with Crippen molar-refractivity contribution >= 4 is 40.9 Å². The van der Waals surface area contributed by atoms with Gasteiger partial charge in [-0.3, -0.25) is 4.79 Å². The highest BCUT2D eigenvalue weighted by molar-refractivity contribution is 6.34. The van der Waals surface area contributed by atoms with Crippen LogP contribution >= 0.6 is 23.2 Å². The normalized spacial score (nSPS) is 10.9. The Bertz CT molecular complexity index is 873. The Hall–Kier alpha value is -2.68. The summed E-state index contributed by atoms with van der Waals surface area (Å²) < 4.78 is 5.28. The number of carbonyl (C=O) groups is 1. The van der Waals surface area contributed by atoms with Crippen LogP contribution in [0, 0.1) is 11.3 Å². The fraction of sp³-hybridized carbons (Fsp3) is 0.111. The van der Waals surface area contributed by atoms with Gasteiger partial charge in [0.2, 0.25) is 0 Å². The molecule has 2 rings (SSSR count). The molecule has 2 N–H and O–H groups in total. The number of hydrogen-bond donors (Lipinski definition) is 2. The predicted molar refractivity (Wildman–Crippen MR) is 98.0 cm³/mol. The number of nitrogens with one attached hydrogen (secondary N) is 1. The lowest BCUT2D eigenvalue weighted by Crippen LogP contribution is -2.13. The van der Waals surface area contributed by atoms with Crippen molar-refractivity contribution in [3.8, 4) is 17.6 Å². The van der Waals surface area contributed by atoms with E-state index in [1.165, 1.54) is 18.2 Å². The van der Waals surface area contributed by atoms with Crippen LogP contribution in [0.15, 0.2) is 42.0 Å². The SMILES string of the molecule is CCOc1cc(/C=C(\C#N)C(=O)Nc2ccccc2Cl)cc(Cl)c1O. The molecule has 0 heterocycles. The lowest BCUT2D eigenvalue weighted by Gasteiger charge is -2.09. The molecular weight excluding hydrogens is 363 g/mol. The highest BCUT2D eigenvalue weighted by Gasteiger charge is 2.13. The Morgan fingerprint density at radius 2 is 2.04 bits per heavy atom. The fourth-order valence-electron chi connectivity index (χ4n) is 2.01. The molecule has 0 atom stereocenters. The third-order valence-corrected chi connectivity index (χ3v) is 3.77. The number of nitrogens with zero attached hydrogens (tertiary/aromatic N) is 1. The van der Waals surface area contributed by atoms with Gasteiger partial charge in [0.15, 0.2) is 11.5 Å². The molecule has 5 nitrogen and oxygen atoms in total. The number of ether oxygens (including phenoxy) is 1. The highest BCUT2D eigenvalue weighted by Crippen LogP contribution is 2.35. The van der Waals surface area contributed by atoms with E-state index >= 15 is 0 Å². The Balaban J connectivity index is 2.32. The van der Waals surface area contributed by atoms with E-state index in [0.717, 1.165) is 0 Å². The smallest absolute Gasteiger partial charge is 0.266 e. The summed E-state index contributed by atoms with van der Waals surface area (Å²) >= 11 is 11.9. The van der Waals surface area contributed by atoms with Crippen LogP contribution in [0.5, 0.6) is 11.5 Å². The average Bonchev–Trinajstić information content (AvgIpc) is 2.59. The minimum absolute atomic E-state index is 0.0565. The number of aromatic hydroxyl groups is 1. The number of para-hydroxylation sites is 1. The highest BCUT2D eigenvalue weighted by atomic mass is 35.5. The molecule has 0 aliphatic carbocycles. The quantitative estimate of drug-likeness (QED) is 0.587. The number of halogens is 2. The summed E-state index contributed by atoms with van der Waals surface area (Å²) in [6, 6.07) is 11.4. The molecule has 0 aromatic heterocycles. The number of carbonyl (C=O) groups excluding carboxylic acids is 1. The summed E-state index contributed by atoms with van der Waals surface area (Å²) in [7, 11) is 0. The monoisotopic (exact) mass is 376 g/mol. The Morgan fingerprint density at radius 3 is 2.68 bits per heavy atom. The number of phenolic OH excluding ortho intramolecular Hbond substituents is 1. The van der Waals surface area contributed by atoms with Crippen molar-refractivity contribution in [2.45, 2.75) is 6.92 Å². The van der Waals surface area contributed by atoms with Gasteiger partial charge in [0.05, 0.1) is 22.3 Å². The third-order valence-electron chi connectivity index (χ3n) is 3.15. The molecule has 2 aromatic rings. The molecule has 0 fully saturated rings. The zero-order chi connectivity index (χ0) is 18.4. The van der Waals surface area contributed by atoms with E-state index in [1.807, 2.05) is 6.07 Å². The molecule has 0 saturated heterocycles. The van der Waals surface area contributed by atoms with Gasteiger partial charge in [0.25, 0.3) is 5.91 Å². The Morgan fingerprint density at radius 1 is 1.32 bits per heavy atom. The molecule has 0 aliphatic heterocycles. The van der Waals surface area contributed by atoms with Crippen LogP contribution < -0.4 is 10.1 Å². The summed E-state index contributed by atoms with van der Waals surface area (Å²) in [4.78, 5) is 12.3. The molecule has 0 aliphatic rings. The maximum absolute atomic E-state index is 12.3. The fourth-order valence-corrected chi connectivity index (χ4v) is 2.41. The number of phenols is 1. The summed E-state index contributed by atoms with van der Waals surface area (Å²) in [5.41, 5.74) is 0.690. The second-order valence-electron chi connectivity index (χ2n) is 4.89. The van der Waals surface area contributed by atoms with E-state index in [4.69, 9.17) is 27.9 Å². The summed E-state index contributed by atoms with van der Waals surface area (Å²) in [6.45, 7) is 2.09. The van der Waals surface area contributed by atoms with Crippen LogP contribution in [-0.4, -0.2) is 17.6 Å². The van der Waals surface area contributed by atoms with Crippen LogP contribution in [0.2, 0.25) is 10.0 Å². The van der Waals surface area contributed by atoms with Gasteiger partial charge in [0, 0.05) is 0 Å². The van der Waals surface area contributed by atoms with E-state index in [2.05, 4.69) is 5.32 Å². The van der Waals surface area contributed by atoms with E-state index in [0.29, 0.717) is 22.9 Å². The number of nitriles is 1. The zero-order valence-electron chi connectivity index (χ0n) is 13.2. The molecule has 0 unspecified atom stereocenters. The first-order chi connectivity index (χ1) is 12.0. The van der Waals surface area contributed by atoms with Gasteiger partial charge in [-0.25, -0.2) is 0 Å². The molecule has 2 aromatic carbocycles. The summed E-state index contributed by atoms with van der Waals surface area (Å²) in [5.74, 6) is -0.637. The second-order valence-corrected chi connectivity index (χ2v) is 5.70. The van der Waals surface area contributed by atoms with Crippen LogP contribution in [-0.2, 0) is 4.79 Å². The first-order valence-electron chi connectivity index (χ1n) is 7.29. The van der Waals surface area contributed by atoms with Gasteiger partial charge < -0.3 is 15.2 Å². The van der Waals surface area contributed by atoms with Crippen molar-refractivity contribution in [2.24, 2.45) is 0 Å². The van der Waals surface area contributed by atoms with Gasteiger partial charge in [0.1, 0.15) is 11.6 Å². The minimum Gasteiger partial charge on any atom is -0.503 e. The topological polar surface area (TPSA) is 82.3 Å². The van der Waals surface area contributed by atoms with Crippen LogP contribution in [0.4, 0.5) is 5.69 Å². The van der Waals surface area contributed by atoms with Gasteiger partial charge in [-0.1, -0.05) is 35.3 Å². The predicted octanol–water partition coefficient (Wildman–Crippen LogP) is 4.64. The lowest BCUT2D eigenvalue weighted by molar-refractivity contribution is -0.112. The van der Waals surface area contributed by atoms with Gasteiger partial charge in [-0.2, -0.15) is 5.26 Å². The van der Waals surface area contributed by atoms with E-state index in [9.17, 15) is 15.2 Å².